The Balaban J connectivity index is 2.15. The van der Waals surface area contributed by atoms with E-state index in [2.05, 4.69) is 20.1 Å². The van der Waals surface area contributed by atoms with Crippen molar-refractivity contribution in [2.24, 2.45) is 0 Å². The number of hydrogen-bond acceptors (Lipinski definition) is 5. The summed E-state index contributed by atoms with van der Waals surface area (Å²) in [4.78, 5) is 11.1. The molecule has 6 nitrogen and oxygen atoms in total. The molecule has 3 aromatic rings. The zero-order chi connectivity index (χ0) is 18.9. The van der Waals surface area contributed by atoms with E-state index in [0.717, 1.165) is 18.3 Å². The van der Waals surface area contributed by atoms with Gasteiger partial charge in [-0.25, -0.2) is 32.8 Å². The van der Waals surface area contributed by atoms with Crippen LogP contribution in [0, 0.1) is 17.5 Å². The molecule has 0 aliphatic carbocycles. The fourth-order valence-corrected chi connectivity index (χ4v) is 2.88. The molecule has 0 amide bonds. The van der Waals surface area contributed by atoms with Crippen molar-refractivity contribution in [3.8, 4) is 0 Å². The Morgan fingerprint density at radius 1 is 1.27 bits per heavy atom. The Morgan fingerprint density at radius 3 is 2.69 bits per heavy atom. The first-order valence-electron chi connectivity index (χ1n) is 7.49. The fraction of sp³-hybridized carbons (Fsp3) is 0.250. The van der Waals surface area contributed by atoms with Gasteiger partial charge in [0.1, 0.15) is 29.9 Å². The molecule has 0 spiro atoms. The average Bonchev–Trinajstić information content (AvgIpc) is 3.09. The van der Waals surface area contributed by atoms with E-state index in [1.54, 1.807) is 0 Å². The fourth-order valence-electron chi connectivity index (χ4n) is 2.74. The zero-order valence-corrected chi connectivity index (χ0v) is 14.2. The van der Waals surface area contributed by atoms with Crippen molar-refractivity contribution in [3.63, 3.8) is 0 Å². The molecule has 0 aliphatic heterocycles. The van der Waals surface area contributed by atoms with Gasteiger partial charge < -0.3 is 5.11 Å². The Morgan fingerprint density at radius 2 is 2.04 bits per heavy atom. The van der Waals surface area contributed by atoms with Gasteiger partial charge in [-0.3, -0.25) is 0 Å². The van der Waals surface area contributed by atoms with Crippen molar-refractivity contribution in [1.82, 2.24) is 24.7 Å². The van der Waals surface area contributed by atoms with E-state index in [0.29, 0.717) is 6.07 Å². The third-order valence-corrected chi connectivity index (χ3v) is 4.32. The van der Waals surface area contributed by atoms with Crippen molar-refractivity contribution in [1.29, 1.82) is 0 Å². The lowest BCUT2D eigenvalue weighted by atomic mass is 9.79. The second kappa shape index (κ2) is 7.00. The predicted molar refractivity (Wildman–Crippen MR) is 85.7 cm³/mol. The molecule has 2 heterocycles. The van der Waals surface area contributed by atoms with Crippen molar-refractivity contribution >= 4 is 11.6 Å². The number of aromatic nitrogens is 5. The average molecular weight is 384 g/mol. The molecule has 0 unspecified atom stereocenters. The summed E-state index contributed by atoms with van der Waals surface area (Å²) in [5, 5.41) is 15.0. The summed E-state index contributed by atoms with van der Waals surface area (Å²) in [5.41, 5.74) is -2.48. The molecule has 0 radical (unpaired) electrons. The Labute approximate surface area is 151 Å². The van der Waals surface area contributed by atoms with E-state index < -0.39 is 29.0 Å². The molecule has 0 bridgehead atoms. The summed E-state index contributed by atoms with van der Waals surface area (Å²) in [6.07, 6.45) is 3.40. The van der Waals surface area contributed by atoms with E-state index in [-0.39, 0.29) is 23.1 Å². The van der Waals surface area contributed by atoms with Gasteiger partial charge in [0.25, 0.3) is 0 Å². The predicted octanol–water partition coefficient (Wildman–Crippen LogP) is 2.83. The van der Waals surface area contributed by atoms with Crippen LogP contribution in [-0.2, 0) is 12.1 Å². The van der Waals surface area contributed by atoms with Crippen LogP contribution in [0.5, 0.6) is 0 Å². The van der Waals surface area contributed by atoms with Gasteiger partial charge >= 0.3 is 0 Å². The van der Waals surface area contributed by atoms with Crippen LogP contribution >= 0.6 is 11.6 Å². The second-order valence-electron chi connectivity index (χ2n) is 5.74. The molecule has 0 fully saturated rings. The van der Waals surface area contributed by atoms with E-state index in [1.807, 2.05) is 0 Å². The summed E-state index contributed by atoms with van der Waals surface area (Å²) in [6, 6.07) is 2.73. The molecule has 10 heteroatoms. The van der Waals surface area contributed by atoms with E-state index >= 15 is 0 Å². The standard InChI is InChI=1S/C16H13ClF3N5O/c1-9(14-13(20)5-22-15(17)24-14)16(26,6-25-8-21-7-23-25)11-3-2-10(18)4-12(11)19/h2-5,7-9,26H,6H2,1H3/t9-,16+/m0/s1. The highest BCUT2D eigenvalue weighted by Gasteiger charge is 2.42. The van der Waals surface area contributed by atoms with Crippen molar-refractivity contribution in [2.45, 2.75) is 25.0 Å². The number of hydrogen-bond donors (Lipinski definition) is 1. The maximum Gasteiger partial charge on any atom is 0.222 e. The summed E-state index contributed by atoms with van der Waals surface area (Å²) in [5.74, 6) is -3.69. The maximum absolute atomic E-state index is 14.4. The van der Waals surface area contributed by atoms with Gasteiger partial charge in [0.05, 0.1) is 18.4 Å². The molecule has 26 heavy (non-hydrogen) atoms. The third-order valence-electron chi connectivity index (χ3n) is 4.14. The third kappa shape index (κ3) is 3.40. The monoisotopic (exact) mass is 383 g/mol. The first-order chi connectivity index (χ1) is 12.3. The lowest BCUT2D eigenvalue weighted by Crippen LogP contribution is -2.39. The van der Waals surface area contributed by atoms with Crippen LogP contribution in [0.1, 0.15) is 24.1 Å². The topological polar surface area (TPSA) is 76.7 Å². The van der Waals surface area contributed by atoms with E-state index in [4.69, 9.17) is 11.6 Å². The zero-order valence-electron chi connectivity index (χ0n) is 13.4. The maximum atomic E-state index is 14.4. The van der Waals surface area contributed by atoms with E-state index in [9.17, 15) is 18.3 Å². The van der Waals surface area contributed by atoms with Crippen LogP contribution in [0.2, 0.25) is 5.28 Å². The van der Waals surface area contributed by atoms with Gasteiger partial charge in [-0.05, 0) is 17.7 Å². The quantitative estimate of drug-likeness (QED) is 0.686. The normalized spacial score (nSPS) is 14.8. The highest BCUT2D eigenvalue weighted by molar-refractivity contribution is 6.28. The smallest absolute Gasteiger partial charge is 0.222 e. The van der Waals surface area contributed by atoms with Crippen molar-refractivity contribution in [3.05, 3.63) is 71.0 Å². The summed E-state index contributed by atoms with van der Waals surface area (Å²) >= 11 is 5.73. The molecule has 2 aromatic heterocycles. The largest absolute Gasteiger partial charge is 0.382 e. The van der Waals surface area contributed by atoms with Gasteiger partial charge in [-0.15, -0.1) is 0 Å². The van der Waals surface area contributed by atoms with Crippen LogP contribution in [0.25, 0.3) is 0 Å². The molecular weight excluding hydrogens is 371 g/mol. The van der Waals surface area contributed by atoms with Crippen LogP contribution in [0.4, 0.5) is 13.2 Å². The minimum Gasteiger partial charge on any atom is -0.382 e. The van der Waals surface area contributed by atoms with Gasteiger partial charge in [-0.1, -0.05) is 13.0 Å². The van der Waals surface area contributed by atoms with Gasteiger partial charge in [0.15, 0.2) is 5.82 Å². The molecule has 1 aromatic carbocycles. The molecule has 1 N–H and O–H groups in total. The number of nitrogens with zero attached hydrogens (tertiary/aromatic N) is 5. The number of rotatable bonds is 5. The van der Waals surface area contributed by atoms with Crippen LogP contribution in [0.15, 0.2) is 37.1 Å². The minimum absolute atomic E-state index is 0.212. The summed E-state index contributed by atoms with van der Waals surface area (Å²) in [6.45, 7) is 1.17. The van der Waals surface area contributed by atoms with Crippen LogP contribution in [-0.4, -0.2) is 29.8 Å². The highest BCUT2D eigenvalue weighted by Crippen LogP contribution is 2.39. The first-order valence-corrected chi connectivity index (χ1v) is 7.87. The van der Waals surface area contributed by atoms with Gasteiger partial charge in [0.2, 0.25) is 5.28 Å². The van der Waals surface area contributed by atoms with Crippen molar-refractivity contribution in [2.75, 3.05) is 0 Å². The Kier molecular flexibility index (Phi) is 4.92. The van der Waals surface area contributed by atoms with Crippen LogP contribution in [0.3, 0.4) is 0 Å². The number of aliphatic hydroxyl groups is 1. The highest BCUT2D eigenvalue weighted by atomic mass is 35.5. The molecule has 2 atom stereocenters. The number of halogens is 4. The molecular formula is C16H13ClF3N5O. The lowest BCUT2D eigenvalue weighted by Gasteiger charge is -2.34. The molecule has 0 saturated carbocycles. The molecule has 0 saturated heterocycles. The van der Waals surface area contributed by atoms with E-state index in [1.165, 1.54) is 24.3 Å². The number of benzene rings is 1. The summed E-state index contributed by atoms with van der Waals surface area (Å²) < 4.78 is 43.2. The SMILES string of the molecule is C[C@@H](c1nc(Cl)ncc1F)[C@](O)(Cn1cncn1)c1ccc(F)cc1F. The van der Waals surface area contributed by atoms with Crippen molar-refractivity contribution < 1.29 is 18.3 Å². The Bertz CT molecular complexity index is 924. The lowest BCUT2D eigenvalue weighted by molar-refractivity contribution is -0.0133. The summed E-state index contributed by atoms with van der Waals surface area (Å²) in [7, 11) is 0. The van der Waals surface area contributed by atoms with Gasteiger partial charge in [0, 0.05) is 17.5 Å². The molecule has 3 rings (SSSR count). The van der Waals surface area contributed by atoms with Crippen LogP contribution < -0.4 is 0 Å². The van der Waals surface area contributed by atoms with Gasteiger partial charge in [-0.2, -0.15) is 5.10 Å². The minimum atomic E-state index is -2.02. The molecule has 136 valence electrons. The second-order valence-corrected chi connectivity index (χ2v) is 6.07. The Hall–Kier alpha value is -2.52. The molecule has 0 aliphatic rings. The first kappa shape index (κ1) is 18.3.